The van der Waals surface area contributed by atoms with Crippen molar-refractivity contribution in [2.75, 3.05) is 20.6 Å². The molecule has 108 valence electrons. The first-order valence-electron chi connectivity index (χ1n) is 6.39. The third-order valence-corrected chi connectivity index (χ3v) is 4.01. The Kier molecular flexibility index (Phi) is 4.42. The highest BCUT2D eigenvalue weighted by molar-refractivity contribution is 9.10. The van der Waals surface area contributed by atoms with Crippen molar-refractivity contribution in [3.8, 4) is 0 Å². The van der Waals surface area contributed by atoms with E-state index in [1.807, 2.05) is 0 Å². The van der Waals surface area contributed by atoms with E-state index >= 15 is 0 Å². The maximum atomic E-state index is 13.2. The highest BCUT2D eigenvalue weighted by Gasteiger charge is 2.35. The van der Waals surface area contributed by atoms with E-state index in [2.05, 4.69) is 15.9 Å². The molecule has 0 N–H and O–H groups in total. The number of hydrogen-bond donors (Lipinski definition) is 0. The zero-order chi connectivity index (χ0) is 14.9. The van der Waals surface area contributed by atoms with Gasteiger partial charge in [-0.05, 0) is 47.0 Å². The average Bonchev–Trinajstić information content (AvgIpc) is 2.89. The molecule has 0 aliphatic carbocycles. The number of rotatable bonds is 2. The fourth-order valence-electron chi connectivity index (χ4n) is 2.36. The average molecular weight is 343 g/mol. The molecule has 0 spiro atoms. The number of carbonyl (C=O) groups excluding carboxylic acids is 2. The predicted molar refractivity (Wildman–Crippen MR) is 76.9 cm³/mol. The second-order valence-electron chi connectivity index (χ2n) is 5.02. The van der Waals surface area contributed by atoms with Gasteiger partial charge >= 0.3 is 0 Å². The van der Waals surface area contributed by atoms with Gasteiger partial charge in [0.1, 0.15) is 11.9 Å². The summed E-state index contributed by atoms with van der Waals surface area (Å²) in [6, 6.07) is 3.72. The van der Waals surface area contributed by atoms with E-state index in [4.69, 9.17) is 0 Å². The molecule has 1 aliphatic rings. The number of hydrogen-bond acceptors (Lipinski definition) is 2. The molecular weight excluding hydrogens is 327 g/mol. The summed E-state index contributed by atoms with van der Waals surface area (Å²) >= 11 is 3.07. The third-order valence-electron chi connectivity index (χ3n) is 3.41. The van der Waals surface area contributed by atoms with Crippen LogP contribution in [0.15, 0.2) is 22.7 Å². The third kappa shape index (κ3) is 2.85. The van der Waals surface area contributed by atoms with Crippen molar-refractivity contribution in [2.24, 2.45) is 0 Å². The maximum absolute atomic E-state index is 13.2. The van der Waals surface area contributed by atoms with Crippen LogP contribution in [0.2, 0.25) is 0 Å². The molecule has 1 aliphatic heterocycles. The molecule has 1 aromatic rings. The minimum absolute atomic E-state index is 0.0722. The van der Waals surface area contributed by atoms with Gasteiger partial charge in [0, 0.05) is 26.2 Å². The Balaban J connectivity index is 2.23. The van der Waals surface area contributed by atoms with Crippen LogP contribution in [0.25, 0.3) is 0 Å². The maximum Gasteiger partial charge on any atom is 0.254 e. The van der Waals surface area contributed by atoms with E-state index in [9.17, 15) is 14.0 Å². The molecule has 2 rings (SSSR count). The van der Waals surface area contributed by atoms with Crippen molar-refractivity contribution >= 4 is 27.7 Å². The summed E-state index contributed by atoms with van der Waals surface area (Å²) in [4.78, 5) is 27.6. The fraction of sp³-hybridized carbons (Fsp3) is 0.429. The molecule has 2 amide bonds. The molecule has 1 heterocycles. The molecular formula is C14H16BrFN2O2. The van der Waals surface area contributed by atoms with E-state index < -0.39 is 11.9 Å². The van der Waals surface area contributed by atoms with Crippen molar-refractivity contribution in [2.45, 2.75) is 18.9 Å². The van der Waals surface area contributed by atoms with Gasteiger partial charge < -0.3 is 9.80 Å². The number of carbonyl (C=O) groups is 2. The second kappa shape index (κ2) is 5.91. The minimum atomic E-state index is -0.415. The monoisotopic (exact) mass is 342 g/mol. The molecule has 1 aromatic carbocycles. The van der Waals surface area contributed by atoms with Gasteiger partial charge in [-0.2, -0.15) is 0 Å². The summed E-state index contributed by atoms with van der Waals surface area (Å²) in [5.41, 5.74) is 0.386. The Labute approximate surface area is 125 Å². The molecule has 0 bridgehead atoms. The van der Waals surface area contributed by atoms with Crippen molar-refractivity contribution < 1.29 is 14.0 Å². The summed E-state index contributed by atoms with van der Waals surface area (Å²) < 4.78 is 13.5. The van der Waals surface area contributed by atoms with Gasteiger partial charge in [-0.25, -0.2) is 4.39 Å². The summed E-state index contributed by atoms with van der Waals surface area (Å²) in [6.45, 7) is 0.554. The highest BCUT2D eigenvalue weighted by atomic mass is 79.9. The molecule has 1 saturated heterocycles. The van der Waals surface area contributed by atoms with Gasteiger partial charge in [-0.1, -0.05) is 0 Å². The number of benzene rings is 1. The van der Waals surface area contributed by atoms with Crippen LogP contribution in [-0.2, 0) is 4.79 Å². The number of amides is 2. The molecule has 0 saturated carbocycles. The Hall–Kier alpha value is -1.43. The lowest BCUT2D eigenvalue weighted by Crippen LogP contribution is -2.45. The van der Waals surface area contributed by atoms with Gasteiger partial charge in [0.2, 0.25) is 5.91 Å². The van der Waals surface area contributed by atoms with Gasteiger partial charge in [0.25, 0.3) is 5.91 Å². The Morgan fingerprint density at radius 1 is 1.40 bits per heavy atom. The van der Waals surface area contributed by atoms with Crippen LogP contribution in [-0.4, -0.2) is 48.3 Å². The lowest BCUT2D eigenvalue weighted by atomic mass is 10.1. The predicted octanol–water partition coefficient (Wildman–Crippen LogP) is 2.28. The first kappa shape index (κ1) is 15.0. The lowest BCUT2D eigenvalue weighted by Gasteiger charge is -2.26. The Bertz CT molecular complexity index is 548. The molecule has 1 unspecified atom stereocenters. The van der Waals surface area contributed by atoms with Crippen molar-refractivity contribution in [3.05, 3.63) is 34.1 Å². The Morgan fingerprint density at radius 2 is 2.10 bits per heavy atom. The van der Waals surface area contributed by atoms with E-state index in [1.54, 1.807) is 19.0 Å². The summed E-state index contributed by atoms with van der Waals surface area (Å²) in [6.07, 6.45) is 1.48. The van der Waals surface area contributed by atoms with E-state index in [-0.39, 0.29) is 16.3 Å². The zero-order valence-corrected chi connectivity index (χ0v) is 13.0. The van der Waals surface area contributed by atoms with Gasteiger partial charge in [-0.15, -0.1) is 0 Å². The normalized spacial score (nSPS) is 18.2. The zero-order valence-electron chi connectivity index (χ0n) is 11.4. The molecule has 6 heteroatoms. The molecule has 1 atom stereocenters. The van der Waals surface area contributed by atoms with Gasteiger partial charge in [0.05, 0.1) is 4.47 Å². The van der Waals surface area contributed by atoms with Gasteiger partial charge in [0.15, 0.2) is 0 Å². The second-order valence-corrected chi connectivity index (χ2v) is 5.87. The van der Waals surface area contributed by atoms with Crippen LogP contribution >= 0.6 is 15.9 Å². The van der Waals surface area contributed by atoms with E-state index in [1.165, 1.54) is 23.1 Å². The van der Waals surface area contributed by atoms with Crippen molar-refractivity contribution in [3.63, 3.8) is 0 Å². The molecule has 20 heavy (non-hydrogen) atoms. The molecule has 4 nitrogen and oxygen atoms in total. The van der Waals surface area contributed by atoms with E-state index in [0.717, 1.165) is 6.42 Å². The quantitative estimate of drug-likeness (QED) is 0.827. The van der Waals surface area contributed by atoms with Crippen LogP contribution in [0.4, 0.5) is 4.39 Å². The first-order valence-corrected chi connectivity index (χ1v) is 7.18. The van der Waals surface area contributed by atoms with Crippen LogP contribution in [0.3, 0.4) is 0 Å². The van der Waals surface area contributed by atoms with Crippen LogP contribution in [0.1, 0.15) is 23.2 Å². The standard InChI is InChI=1S/C14H16BrFN2O2/c1-17(2)14(20)12-4-3-7-18(12)13(19)9-5-6-11(16)10(15)8-9/h5-6,8,12H,3-4,7H2,1-2H3. The van der Waals surface area contributed by atoms with Crippen LogP contribution in [0.5, 0.6) is 0 Å². The highest BCUT2D eigenvalue weighted by Crippen LogP contribution is 2.23. The van der Waals surface area contributed by atoms with Crippen LogP contribution < -0.4 is 0 Å². The first-order chi connectivity index (χ1) is 9.41. The van der Waals surface area contributed by atoms with Gasteiger partial charge in [-0.3, -0.25) is 9.59 Å². The van der Waals surface area contributed by atoms with Crippen molar-refractivity contribution in [1.29, 1.82) is 0 Å². The SMILES string of the molecule is CN(C)C(=O)C1CCCN1C(=O)c1ccc(F)c(Br)c1. The number of likely N-dealkylation sites (N-methyl/N-ethyl adjacent to an activating group) is 1. The Morgan fingerprint density at radius 3 is 2.70 bits per heavy atom. The van der Waals surface area contributed by atoms with Crippen LogP contribution in [0, 0.1) is 5.82 Å². The van der Waals surface area contributed by atoms with Crippen molar-refractivity contribution in [1.82, 2.24) is 9.80 Å². The number of likely N-dealkylation sites (tertiary alicyclic amines) is 1. The summed E-state index contributed by atoms with van der Waals surface area (Å²) in [5, 5.41) is 0. The fourth-order valence-corrected chi connectivity index (χ4v) is 2.74. The molecule has 0 aromatic heterocycles. The molecule has 1 fully saturated rings. The summed E-state index contributed by atoms with van der Waals surface area (Å²) in [7, 11) is 3.36. The number of halogens is 2. The topological polar surface area (TPSA) is 40.6 Å². The smallest absolute Gasteiger partial charge is 0.254 e. The largest absolute Gasteiger partial charge is 0.347 e. The summed E-state index contributed by atoms with van der Waals surface area (Å²) in [5.74, 6) is -0.718. The minimum Gasteiger partial charge on any atom is -0.347 e. The number of nitrogens with zero attached hydrogens (tertiary/aromatic N) is 2. The lowest BCUT2D eigenvalue weighted by molar-refractivity contribution is -0.132. The molecule has 0 radical (unpaired) electrons. The van der Waals surface area contributed by atoms with E-state index in [0.29, 0.717) is 18.5 Å².